The van der Waals surface area contributed by atoms with E-state index < -0.39 is 5.97 Å². The van der Waals surface area contributed by atoms with Gasteiger partial charge in [-0.05, 0) is 43.1 Å². The van der Waals surface area contributed by atoms with Crippen LogP contribution in [0.15, 0.2) is 0 Å². The summed E-state index contributed by atoms with van der Waals surface area (Å²) in [5.41, 5.74) is 5.75. The average molecular weight is 225 g/mol. The van der Waals surface area contributed by atoms with E-state index in [2.05, 4.69) is 0 Å². The Kier molecular flexibility index (Phi) is 3.53. The Hall–Kier alpha value is -0.570. The van der Waals surface area contributed by atoms with Gasteiger partial charge in [0.15, 0.2) is 0 Å². The number of fused-ring (bicyclic) bond motifs is 1. The van der Waals surface area contributed by atoms with E-state index in [0.29, 0.717) is 6.54 Å². The summed E-state index contributed by atoms with van der Waals surface area (Å²) in [4.78, 5) is 10.9. The fraction of sp³-hybridized carbons (Fsp3) is 0.923. The van der Waals surface area contributed by atoms with Gasteiger partial charge in [0.2, 0.25) is 0 Å². The molecule has 0 aromatic rings. The number of rotatable bonds is 3. The molecule has 0 bridgehead atoms. The van der Waals surface area contributed by atoms with Crippen molar-refractivity contribution >= 4 is 5.97 Å². The summed E-state index contributed by atoms with van der Waals surface area (Å²) in [6.07, 6.45) is 8.91. The maximum absolute atomic E-state index is 10.9. The molecule has 0 spiro atoms. The van der Waals surface area contributed by atoms with Gasteiger partial charge in [0.05, 0.1) is 6.42 Å². The molecule has 2 fully saturated rings. The van der Waals surface area contributed by atoms with Crippen LogP contribution in [0.25, 0.3) is 0 Å². The smallest absolute Gasteiger partial charge is 0.303 e. The zero-order chi connectivity index (χ0) is 11.6. The summed E-state index contributed by atoms with van der Waals surface area (Å²) in [5, 5.41) is 9.00. The quantitative estimate of drug-likeness (QED) is 0.775. The first-order valence-corrected chi connectivity index (χ1v) is 6.57. The van der Waals surface area contributed by atoms with E-state index in [-0.39, 0.29) is 11.8 Å². The molecule has 2 aliphatic rings. The van der Waals surface area contributed by atoms with Crippen LogP contribution in [0.5, 0.6) is 0 Å². The highest BCUT2D eigenvalue weighted by Crippen LogP contribution is 2.49. The largest absolute Gasteiger partial charge is 0.481 e. The second kappa shape index (κ2) is 4.74. The second-order valence-corrected chi connectivity index (χ2v) is 5.82. The Bertz CT molecular complexity index is 267. The summed E-state index contributed by atoms with van der Waals surface area (Å²) in [6.45, 7) is 0.544. The standard InChI is InChI=1S/C13H23NO2/c14-9-13(8-12(15)16)6-5-10-3-1-2-4-11(10)7-13/h10-11H,1-9,14H2,(H,15,16)/t10-,11-,13+/m0/s1. The molecule has 3 atom stereocenters. The lowest BCUT2D eigenvalue weighted by Crippen LogP contribution is -2.41. The van der Waals surface area contributed by atoms with Crippen molar-refractivity contribution in [3.63, 3.8) is 0 Å². The lowest BCUT2D eigenvalue weighted by Gasteiger charge is -2.45. The Labute approximate surface area is 97.4 Å². The normalized spacial score (nSPS) is 39.1. The molecule has 0 aromatic carbocycles. The highest BCUT2D eigenvalue weighted by Gasteiger charge is 2.41. The van der Waals surface area contributed by atoms with Gasteiger partial charge >= 0.3 is 5.97 Å². The van der Waals surface area contributed by atoms with E-state index in [1.54, 1.807) is 0 Å². The first-order chi connectivity index (χ1) is 7.65. The van der Waals surface area contributed by atoms with Gasteiger partial charge in [-0.15, -0.1) is 0 Å². The predicted molar refractivity (Wildman–Crippen MR) is 63.0 cm³/mol. The lowest BCUT2D eigenvalue weighted by molar-refractivity contribution is -0.141. The number of carboxylic acid groups (broad SMARTS) is 1. The van der Waals surface area contributed by atoms with Crippen molar-refractivity contribution in [2.75, 3.05) is 6.54 Å². The van der Waals surface area contributed by atoms with Gasteiger partial charge in [0, 0.05) is 0 Å². The van der Waals surface area contributed by atoms with Gasteiger partial charge in [-0.2, -0.15) is 0 Å². The summed E-state index contributed by atoms with van der Waals surface area (Å²) >= 11 is 0. The topological polar surface area (TPSA) is 63.3 Å². The van der Waals surface area contributed by atoms with Gasteiger partial charge in [0.25, 0.3) is 0 Å². The van der Waals surface area contributed by atoms with Gasteiger partial charge in [0.1, 0.15) is 0 Å². The van der Waals surface area contributed by atoms with Crippen LogP contribution in [0.2, 0.25) is 0 Å². The second-order valence-electron chi connectivity index (χ2n) is 5.82. The number of carboxylic acids is 1. The highest BCUT2D eigenvalue weighted by molar-refractivity contribution is 5.67. The van der Waals surface area contributed by atoms with Gasteiger partial charge in [-0.25, -0.2) is 0 Å². The fourth-order valence-electron chi connectivity index (χ4n) is 3.82. The fourth-order valence-corrected chi connectivity index (χ4v) is 3.82. The summed E-state index contributed by atoms with van der Waals surface area (Å²) < 4.78 is 0. The van der Waals surface area contributed by atoms with Gasteiger partial charge < -0.3 is 10.8 Å². The molecular formula is C13H23NO2. The monoisotopic (exact) mass is 225 g/mol. The molecule has 0 amide bonds. The van der Waals surface area contributed by atoms with E-state index in [9.17, 15) is 4.79 Å². The van der Waals surface area contributed by atoms with Crippen molar-refractivity contribution in [2.45, 2.75) is 51.4 Å². The SMILES string of the molecule is NC[C@]1(CC(=O)O)CC[C@@H]2CCCC[C@H]2C1. The van der Waals surface area contributed by atoms with Crippen molar-refractivity contribution in [3.8, 4) is 0 Å². The maximum atomic E-state index is 10.9. The zero-order valence-electron chi connectivity index (χ0n) is 9.95. The van der Waals surface area contributed by atoms with Crippen LogP contribution in [0, 0.1) is 17.3 Å². The Morgan fingerprint density at radius 2 is 1.94 bits per heavy atom. The molecule has 0 saturated heterocycles. The molecule has 2 saturated carbocycles. The minimum Gasteiger partial charge on any atom is -0.481 e. The minimum absolute atomic E-state index is 0.0929. The molecule has 3 nitrogen and oxygen atoms in total. The highest BCUT2D eigenvalue weighted by atomic mass is 16.4. The van der Waals surface area contributed by atoms with E-state index in [4.69, 9.17) is 10.8 Å². The number of aliphatic carboxylic acids is 1. The van der Waals surface area contributed by atoms with Crippen molar-refractivity contribution in [3.05, 3.63) is 0 Å². The molecule has 3 N–H and O–H groups in total. The number of carbonyl (C=O) groups is 1. The molecule has 3 heteroatoms. The molecule has 2 aliphatic carbocycles. The summed E-state index contributed by atoms with van der Waals surface area (Å²) in [5.74, 6) is 0.937. The van der Waals surface area contributed by atoms with E-state index in [0.717, 1.165) is 24.7 Å². The summed E-state index contributed by atoms with van der Waals surface area (Å²) in [7, 11) is 0. The van der Waals surface area contributed by atoms with Gasteiger partial charge in [-0.3, -0.25) is 4.79 Å². The van der Waals surface area contributed by atoms with Crippen LogP contribution in [0.3, 0.4) is 0 Å². The molecule has 16 heavy (non-hydrogen) atoms. The molecule has 0 aliphatic heterocycles. The lowest BCUT2D eigenvalue weighted by atomic mass is 9.60. The third-order valence-corrected chi connectivity index (χ3v) is 4.77. The molecule has 0 heterocycles. The van der Waals surface area contributed by atoms with Crippen molar-refractivity contribution in [1.82, 2.24) is 0 Å². The van der Waals surface area contributed by atoms with Crippen molar-refractivity contribution < 1.29 is 9.90 Å². The first kappa shape index (κ1) is 11.9. The Morgan fingerprint density at radius 1 is 1.25 bits per heavy atom. The van der Waals surface area contributed by atoms with Crippen LogP contribution in [-0.4, -0.2) is 17.6 Å². The number of nitrogens with two attached hydrogens (primary N) is 1. The molecule has 0 aromatic heterocycles. The maximum Gasteiger partial charge on any atom is 0.303 e. The zero-order valence-corrected chi connectivity index (χ0v) is 9.95. The van der Waals surface area contributed by atoms with E-state index in [1.165, 1.54) is 32.1 Å². The Morgan fingerprint density at radius 3 is 2.56 bits per heavy atom. The Balaban J connectivity index is 2.03. The summed E-state index contributed by atoms with van der Waals surface area (Å²) in [6, 6.07) is 0. The first-order valence-electron chi connectivity index (χ1n) is 6.57. The molecule has 0 unspecified atom stereocenters. The third kappa shape index (κ3) is 2.40. The predicted octanol–water partition coefficient (Wildman–Crippen LogP) is 2.40. The van der Waals surface area contributed by atoms with Crippen LogP contribution < -0.4 is 5.73 Å². The van der Waals surface area contributed by atoms with E-state index >= 15 is 0 Å². The van der Waals surface area contributed by atoms with Crippen LogP contribution in [0.4, 0.5) is 0 Å². The third-order valence-electron chi connectivity index (χ3n) is 4.77. The van der Waals surface area contributed by atoms with Crippen LogP contribution >= 0.6 is 0 Å². The number of hydrogen-bond acceptors (Lipinski definition) is 2. The van der Waals surface area contributed by atoms with Crippen molar-refractivity contribution in [2.24, 2.45) is 23.0 Å². The molecule has 0 radical (unpaired) electrons. The van der Waals surface area contributed by atoms with Gasteiger partial charge in [-0.1, -0.05) is 25.7 Å². The van der Waals surface area contributed by atoms with Crippen LogP contribution in [0.1, 0.15) is 51.4 Å². The van der Waals surface area contributed by atoms with Crippen molar-refractivity contribution in [1.29, 1.82) is 0 Å². The molecular weight excluding hydrogens is 202 g/mol. The average Bonchev–Trinajstić information content (AvgIpc) is 2.28. The van der Waals surface area contributed by atoms with Crippen LogP contribution in [-0.2, 0) is 4.79 Å². The molecule has 92 valence electrons. The molecule has 2 rings (SSSR count). The minimum atomic E-state index is -0.681. The van der Waals surface area contributed by atoms with E-state index in [1.807, 2.05) is 0 Å². The number of hydrogen-bond donors (Lipinski definition) is 2.